The van der Waals surface area contributed by atoms with E-state index < -0.39 is 0 Å². The highest BCUT2D eigenvalue weighted by Gasteiger charge is 2.16. The van der Waals surface area contributed by atoms with E-state index in [0.717, 1.165) is 30.2 Å². The molecule has 1 N–H and O–H groups in total. The van der Waals surface area contributed by atoms with Crippen molar-refractivity contribution in [1.82, 2.24) is 15.1 Å². The molecule has 23 heavy (non-hydrogen) atoms. The van der Waals surface area contributed by atoms with Gasteiger partial charge in [-0.15, -0.1) is 0 Å². The van der Waals surface area contributed by atoms with Crippen LogP contribution in [-0.2, 0) is 16.0 Å². The number of hydrogen-bond acceptors (Lipinski definition) is 7. The molecule has 3 heterocycles. The highest BCUT2D eigenvalue weighted by atomic mass is 16.5. The van der Waals surface area contributed by atoms with Crippen LogP contribution in [0.3, 0.4) is 0 Å². The fourth-order valence-electron chi connectivity index (χ4n) is 2.48. The number of nitrogens with one attached hydrogen (secondary N) is 1. The van der Waals surface area contributed by atoms with Gasteiger partial charge in [-0.2, -0.15) is 0 Å². The monoisotopic (exact) mass is 317 g/mol. The lowest BCUT2D eigenvalue weighted by atomic mass is 10.1. The van der Waals surface area contributed by atoms with Crippen molar-refractivity contribution in [3.8, 4) is 0 Å². The van der Waals surface area contributed by atoms with Crippen LogP contribution in [0, 0.1) is 13.8 Å². The van der Waals surface area contributed by atoms with E-state index in [1.54, 1.807) is 13.0 Å². The lowest BCUT2D eigenvalue weighted by Crippen LogP contribution is -2.36. The zero-order valence-electron chi connectivity index (χ0n) is 13.2. The molecule has 0 atom stereocenters. The molecule has 1 fully saturated rings. The third-order valence-corrected chi connectivity index (χ3v) is 3.77. The summed E-state index contributed by atoms with van der Waals surface area (Å²) < 4.78 is 10.4. The first-order chi connectivity index (χ1) is 11.1. The van der Waals surface area contributed by atoms with Crippen LogP contribution < -0.4 is 10.2 Å². The van der Waals surface area contributed by atoms with Gasteiger partial charge in [0.15, 0.2) is 0 Å². The van der Waals surface area contributed by atoms with E-state index in [9.17, 15) is 4.79 Å². The second-order valence-corrected chi connectivity index (χ2v) is 5.39. The Morgan fingerprint density at radius 2 is 2.09 bits per heavy atom. The number of aryl methyl sites for hydroxylation is 2. The van der Waals surface area contributed by atoms with E-state index in [4.69, 9.17) is 9.26 Å². The minimum atomic E-state index is -0.161. The molecule has 0 saturated carbocycles. The highest BCUT2D eigenvalue weighted by Crippen LogP contribution is 2.17. The number of morpholine rings is 1. The largest absolute Gasteiger partial charge is 0.378 e. The van der Waals surface area contributed by atoms with E-state index in [0.29, 0.717) is 24.8 Å². The number of ether oxygens (including phenoxy) is 1. The Bertz CT molecular complexity index is 675. The van der Waals surface area contributed by atoms with Gasteiger partial charge in [0.1, 0.15) is 23.7 Å². The lowest BCUT2D eigenvalue weighted by molar-refractivity contribution is -0.115. The normalized spacial score (nSPS) is 14.8. The van der Waals surface area contributed by atoms with Crippen LogP contribution in [0.5, 0.6) is 0 Å². The molecule has 3 rings (SSSR count). The van der Waals surface area contributed by atoms with Crippen molar-refractivity contribution in [1.29, 1.82) is 0 Å². The summed E-state index contributed by atoms with van der Waals surface area (Å²) in [5, 5.41) is 6.65. The van der Waals surface area contributed by atoms with Crippen LogP contribution in [0.15, 0.2) is 16.9 Å². The molecule has 1 aliphatic rings. The summed E-state index contributed by atoms with van der Waals surface area (Å²) in [6.07, 6.45) is 1.66. The molecule has 0 unspecified atom stereocenters. The van der Waals surface area contributed by atoms with Crippen LogP contribution in [-0.4, -0.2) is 47.3 Å². The zero-order chi connectivity index (χ0) is 16.2. The molecule has 1 saturated heterocycles. The molecule has 8 nitrogen and oxygen atoms in total. The summed E-state index contributed by atoms with van der Waals surface area (Å²) >= 11 is 0. The van der Waals surface area contributed by atoms with E-state index >= 15 is 0 Å². The third kappa shape index (κ3) is 3.65. The molecule has 0 aromatic carbocycles. The van der Waals surface area contributed by atoms with E-state index in [2.05, 4.69) is 25.3 Å². The van der Waals surface area contributed by atoms with Gasteiger partial charge in [-0.25, -0.2) is 9.97 Å². The predicted octanol–water partition coefficient (Wildman–Crippen LogP) is 1.10. The van der Waals surface area contributed by atoms with Gasteiger partial charge >= 0.3 is 0 Å². The SMILES string of the molecule is Cc1noc(C)c1CC(=O)Nc1cc(N2CCOCC2)ncn1. The van der Waals surface area contributed by atoms with Crippen LogP contribution in [0.25, 0.3) is 0 Å². The maximum absolute atomic E-state index is 12.2. The second-order valence-electron chi connectivity index (χ2n) is 5.39. The second kappa shape index (κ2) is 6.74. The summed E-state index contributed by atoms with van der Waals surface area (Å²) in [7, 11) is 0. The minimum Gasteiger partial charge on any atom is -0.378 e. The number of aromatic nitrogens is 3. The zero-order valence-corrected chi connectivity index (χ0v) is 13.2. The predicted molar refractivity (Wildman–Crippen MR) is 83.4 cm³/mol. The van der Waals surface area contributed by atoms with Crippen LogP contribution in [0.1, 0.15) is 17.0 Å². The number of nitrogens with zero attached hydrogens (tertiary/aromatic N) is 4. The maximum atomic E-state index is 12.2. The standard InChI is InChI=1S/C15H19N5O3/c1-10-12(11(2)23-19-10)7-15(21)18-13-8-14(17-9-16-13)20-3-5-22-6-4-20/h8-9H,3-7H2,1-2H3,(H,16,17,18,21). The number of rotatable bonds is 4. The molecule has 1 aliphatic heterocycles. The molecule has 8 heteroatoms. The summed E-state index contributed by atoms with van der Waals surface area (Å²) in [6, 6.07) is 1.77. The average Bonchev–Trinajstić information content (AvgIpc) is 2.88. The van der Waals surface area contributed by atoms with Gasteiger partial charge in [0, 0.05) is 24.7 Å². The van der Waals surface area contributed by atoms with E-state index in [1.165, 1.54) is 6.33 Å². The van der Waals surface area contributed by atoms with Gasteiger partial charge in [-0.1, -0.05) is 5.16 Å². The number of anilines is 2. The number of carbonyl (C=O) groups excluding carboxylic acids is 1. The van der Waals surface area contributed by atoms with Crippen molar-refractivity contribution in [3.05, 3.63) is 29.4 Å². The average molecular weight is 317 g/mol. The molecule has 0 radical (unpaired) electrons. The smallest absolute Gasteiger partial charge is 0.230 e. The summed E-state index contributed by atoms with van der Waals surface area (Å²) in [5.41, 5.74) is 1.54. The molecule has 1 amide bonds. The van der Waals surface area contributed by atoms with Crippen LogP contribution >= 0.6 is 0 Å². The van der Waals surface area contributed by atoms with E-state index in [1.807, 2.05) is 6.92 Å². The number of hydrogen-bond donors (Lipinski definition) is 1. The van der Waals surface area contributed by atoms with Crippen molar-refractivity contribution in [2.75, 3.05) is 36.5 Å². The fourth-order valence-corrected chi connectivity index (χ4v) is 2.48. The van der Waals surface area contributed by atoms with Gasteiger partial charge in [0.05, 0.1) is 25.3 Å². The fraction of sp³-hybridized carbons (Fsp3) is 0.467. The number of amides is 1. The van der Waals surface area contributed by atoms with Crippen molar-refractivity contribution in [2.45, 2.75) is 20.3 Å². The number of carbonyl (C=O) groups is 1. The topological polar surface area (TPSA) is 93.4 Å². The molecule has 2 aromatic heterocycles. The Labute approximate surface area is 133 Å². The highest BCUT2D eigenvalue weighted by molar-refractivity contribution is 5.91. The Balaban J connectivity index is 1.66. The van der Waals surface area contributed by atoms with Gasteiger partial charge in [0.2, 0.25) is 5.91 Å². The quantitative estimate of drug-likeness (QED) is 0.902. The van der Waals surface area contributed by atoms with Gasteiger partial charge in [-0.3, -0.25) is 4.79 Å². The van der Waals surface area contributed by atoms with Crippen LogP contribution in [0.2, 0.25) is 0 Å². The Kier molecular flexibility index (Phi) is 4.52. The first-order valence-corrected chi connectivity index (χ1v) is 7.50. The Morgan fingerprint density at radius 1 is 1.30 bits per heavy atom. The summed E-state index contributed by atoms with van der Waals surface area (Å²) in [5.74, 6) is 1.77. The molecule has 2 aromatic rings. The van der Waals surface area contributed by atoms with Gasteiger partial charge in [0.25, 0.3) is 0 Å². The maximum Gasteiger partial charge on any atom is 0.230 e. The molecule has 0 spiro atoms. The van der Waals surface area contributed by atoms with Crippen molar-refractivity contribution < 1.29 is 14.1 Å². The first-order valence-electron chi connectivity index (χ1n) is 7.50. The van der Waals surface area contributed by atoms with Crippen molar-refractivity contribution in [3.63, 3.8) is 0 Å². The molecule has 0 bridgehead atoms. The van der Waals surface area contributed by atoms with Crippen molar-refractivity contribution >= 4 is 17.5 Å². The molecular formula is C15H19N5O3. The minimum absolute atomic E-state index is 0.161. The molecule has 122 valence electrons. The first kappa shape index (κ1) is 15.4. The van der Waals surface area contributed by atoms with Gasteiger partial charge in [-0.05, 0) is 13.8 Å². The van der Waals surface area contributed by atoms with Crippen LogP contribution in [0.4, 0.5) is 11.6 Å². The summed E-state index contributed by atoms with van der Waals surface area (Å²) in [4.78, 5) is 22.7. The Morgan fingerprint density at radius 3 is 2.78 bits per heavy atom. The lowest BCUT2D eigenvalue weighted by Gasteiger charge is -2.27. The summed E-state index contributed by atoms with van der Waals surface area (Å²) in [6.45, 7) is 6.53. The molecule has 0 aliphatic carbocycles. The Hall–Kier alpha value is -2.48. The van der Waals surface area contributed by atoms with Crippen molar-refractivity contribution in [2.24, 2.45) is 0 Å². The van der Waals surface area contributed by atoms with E-state index in [-0.39, 0.29) is 12.3 Å². The van der Waals surface area contributed by atoms with Gasteiger partial charge < -0.3 is 19.5 Å². The third-order valence-electron chi connectivity index (χ3n) is 3.77. The molecular weight excluding hydrogens is 298 g/mol.